The van der Waals surface area contributed by atoms with Crippen LogP contribution >= 0.6 is 46.3 Å². The average Bonchev–Trinajstić information content (AvgIpc) is 3.14. The highest BCUT2D eigenvalue weighted by Gasteiger charge is 2.31. The van der Waals surface area contributed by atoms with Crippen LogP contribution in [0.5, 0.6) is 0 Å². The van der Waals surface area contributed by atoms with E-state index in [1.165, 1.54) is 11.8 Å². The third-order valence-corrected chi connectivity index (χ3v) is 8.58. The zero-order valence-corrected chi connectivity index (χ0v) is 21.4. The minimum absolute atomic E-state index is 0.00990. The van der Waals surface area contributed by atoms with E-state index in [1.807, 2.05) is 42.5 Å². The third kappa shape index (κ3) is 4.73. The predicted octanol–water partition coefficient (Wildman–Crippen LogP) is 6.96. The fourth-order valence-electron chi connectivity index (χ4n) is 4.00. The first-order chi connectivity index (χ1) is 15.8. The van der Waals surface area contributed by atoms with Gasteiger partial charge in [0.15, 0.2) is 5.16 Å². The summed E-state index contributed by atoms with van der Waals surface area (Å²) in [6.45, 7) is 5.12. The molecule has 4 aromatic rings. The van der Waals surface area contributed by atoms with Crippen LogP contribution in [0.3, 0.4) is 0 Å². The van der Waals surface area contributed by atoms with Crippen LogP contribution in [-0.4, -0.2) is 15.2 Å². The smallest absolute Gasteiger partial charge is 0.263 e. The van der Waals surface area contributed by atoms with Gasteiger partial charge in [0.1, 0.15) is 4.83 Å². The van der Waals surface area contributed by atoms with Crippen molar-refractivity contribution in [1.29, 1.82) is 0 Å². The molecule has 1 aliphatic rings. The lowest BCUT2D eigenvalue weighted by Crippen LogP contribution is -2.32. The molecule has 0 saturated heterocycles. The highest BCUT2D eigenvalue weighted by Crippen LogP contribution is 2.38. The van der Waals surface area contributed by atoms with Gasteiger partial charge in [-0.2, -0.15) is 0 Å². The molecule has 0 bridgehead atoms. The predicted molar refractivity (Wildman–Crippen MR) is 138 cm³/mol. The lowest BCUT2D eigenvalue weighted by Gasteiger charge is -2.29. The summed E-state index contributed by atoms with van der Waals surface area (Å²) < 4.78 is 7.79. The number of nitrogens with zero attached hydrogens (tertiary/aromatic N) is 2. The summed E-state index contributed by atoms with van der Waals surface area (Å²) in [7, 11) is 0. The number of fused-ring (bicyclic) bond motifs is 3. The minimum Gasteiger partial charge on any atom is -0.370 e. The summed E-state index contributed by atoms with van der Waals surface area (Å²) in [6.07, 6.45) is 0.709. The number of benzene rings is 2. The Morgan fingerprint density at radius 3 is 2.67 bits per heavy atom. The first kappa shape index (κ1) is 22.9. The lowest BCUT2D eigenvalue weighted by molar-refractivity contribution is -0.0379. The molecule has 0 unspecified atom stereocenters. The molecule has 0 amide bonds. The third-order valence-electron chi connectivity index (χ3n) is 5.69. The summed E-state index contributed by atoms with van der Waals surface area (Å²) in [5, 5.41) is 2.48. The van der Waals surface area contributed by atoms with Crippen LogP contribution in [0.15, 0.2) is 58.5 Å². The Morgan fingerprint density at radius 1 is 1.12 bits per heavy atom. The summed E-state index contributed by atoms with van der Waals surface area (Å²) in [5.41, 5.74) is 2.89. The van der Waals surface area contributed by atoms with Crippen LogP contribution in [0.1, 0.15) is 35.4 Å². The van der Waals surface area contributed by atoms with Gasteiger partial charge >= 0.3 is 0 Å². The van der Waals surface area contributed by atoms with E-state index < -0.39 is 0 Å². The van der Waals surface area contributed by atoms with E-state index >= 15 is 0 Å². The maximum absolute atomic E-state index is 13.8. The van der Waals surface area contributed by atoms with Crippen molar-refractivity contribution in [3.63, 3.8) is 0 Å². The number of halogens is 2. The highest BCUT2D eigenvalue weighted by atomic mass is 35.5. The number of thiophene rings is 1. The van der Waals surface area contributed by atoms with Gasteiger partial charge < -0.3 is 4.74 Å². The molecule has 2 aromatic carbocycles. The normalized spacial score (nSPS) is 15.0. The van der Waals surface area contributed by atoms with Crippen molar-refractivity contribution in [3.8, 4) is 0 Å². The monoisotopic (exact) mass is 516 g/mol. The molecule has 0 atom stereocenters. The molecule has 8 heteroatoms. The molecule has 0 N–H and O–H groups in total. The van der Waals surface area contributed by atoms with E-state index in [2.05, 4.69) is 13.8 Å². The van der Waals surface area contributed by atoms with Crippen LogP contribution in [0.2, 0.25) is 10.0 Å². The maximum atomic E-state index is 13.8. The highest BCUT2D eigenvalue weighted by molar-refractivity contribution is 7.98. The van der Waals surface area contributed by atoms with Crippen molar-refractivity contribution >= 4 is 56.5 Å². The second-order valence-electron chi connectivity index (χ2n) is 8.72. The molecule has 5 rings (SSSR count). The van der Waals surface area contributed by atoms with Gasteiger partial charge in [0.2, 0.25) is 0 Å². The molecular weight excluding hydrogens is 495 g/mol. The minimum atomic E-state index is -0.293. The number of thioether (sulfide) groups is 1. The van der Waals surface area contributed by atoms with Gasteiger partial charge in [0.05, 0.1) is 34.2 Å². The molecule has 0 saturated carbocycles. The van der Waals surface area contributed by atoms with E-state index in [4.69, 9.17) is 32.9 Å². The number of rotatable bonds is 5. The van der Waals surface area contributed by atoms with Crippen molar-refractivity contribution in [1.82, 2.24) is 9.55 Å². The van der Waals surface area contributed by atoms with Crippen LogP contribution in [0.4, 0.5) is 0 Å². The average molecular weight is 518 g/mol. The summed E-state index contributed by atoms with van der Waals surface area (Å²) in [5.74, 6) is 0.630. The van der Waals surface area contributed by atoms with Gasteiger partial charge in [-0.05, 0) is 42.7 Å². The summed E-state index contributed by atoms with van der Waals surface area (Å²) >= 11 is 15.4. The fourth-order valence-corrected chi connectivity index (χ4v) is 6.41. The Balaban J connectivity index is 1.59. The van der Waals surface area contributed by atoms with Gasteiger partial charge in [-0.15, -0.1) is 11.3 Å². The van der Waals surface area contributed by atoms with Crippen molar-refractivity contribution < 1.29 is 4.74 Å². The molecule has 2 aromatic heterocycles. The molecule has 170 valence electrons. The number of ether oxygens (including phenoxy) is 1. The second kappa shape index (κ2) is 9.08. The van der Waals surface area contributed by atoms with Crippen LogP contribution < -0.4 is 5.56 Å². The van der Waals surface area contributed by atoms with E-state index in [0.29, 0.717) is 40.5 Å². The zero-order chi connectivity index (χ0) is 23.2. The van der Waals surface area contributed by atoms with Crippen molar-refractivity contribution in [3.05, 3.63) is 90.5 Å². The quantitative estimate of drug-likeness (QED) is 0.212. The standard InChI is InChI=1S/C25H22Cl2N2O2S2/c1-25(2)11-17-20(13-31-25)33-22-21(17)23(30)29(12-15-6-4-3-5-7-15)24(28-22)32-14-16-8-9-18(26)19(27)10-16/h3-10H,11-14H2,1-2H3. The topological polar surface area (TPSA) is 44.1 Å². The SMILES string of the molecule is CC1(C)Cc2c(sc3nc(SCc4ccc(Cl)c(Cl)c4)n(Cc4ccccc4)c(=O)c23)CO1. The largest absolute Gasteiger partial charge is 0.370 e. The van der Waals surface area contributed by atoms with E-state index in [-0.39, 0.29) is 11.2 Å². The molecule has 0 spiro atoms. The lowest BCUT2D eigenvalue weighted by atomic mass is 9.94. The molecule has 33 heavy (non-hydrogen) atoms. The van der Waals surface area contributed by atoms with Crippen molar-refractivity contribution in [2.75, 3.05) is 0 Å². The van der Waals surface area contributed by atoms with Gasteiger partial charge in [-0.3, -0.25) is 9.36 Å². The van der Waals surface area contributed by atoms with Crippen LogP contribution in [0, 0.1) is 0 Å². The molecular formula is C25H22Cl2N2O2S2. The first-order valence-corrected chi connectivity index (χ1v) is 13.2. The molecule has 1 aliphatic heterocycles. The Labute approximate surface area is 210 Å². The molecule has 0 radical (unpaired) electrons. The molecule has 0 aliphatic carbocycles. The molecule has 4 nitrogen and oxygen atoms in total. The molecule has 0 fully saturated rings. The van der Waals surface area contributed by atoms with Crippen molar-refractivity contribution in [2.45, 2.75) is 49.9 Å². The fraction of sp³-hybridized carbons (Fsp3) is 0.280. The number of hydrogen-bond acceptors (Lipinski definition) is 5. The van der Waals surface area contributed by atoms with Gasteiger partial charge in [-0.25, -0.2) is 4.98 Å². The van der Waals surface area contributed by atoms with Crippen LogP contribution in [0.25, 0.3) is 10.2 Å². The Bertz CT molecular complexity index is 1400. The number of hydrogen-bond donors (Lipinski definition) is 0. The number of aromatic nitrogens is 2. The van der Waals surface area contributed by atoms with Gasteiger partial charge in [0.25, 0.3) is 5.56 Å². The van der Waals surface area contributed by atoms with Gasteiger partial charge in [-0.1, -0.05) is 71.4 Å². The zero-order valence-electron chi connectivity index (χ0n) is 18.2. The Morgan fingerprint density at radius 2 is 1.91 bits per heavy atom. The maximum Gasteiger partial charge on any atom is 0.263 e. The second-order valence-corrected chi connectivity index (χ2v) is 11.6. The van der Waals surface area contributed by atoms with Crippen molar-refractivity contribution in [2.24, 2.45) is 0 Å². The molecule has 3 heterocycles. The summed E-state index contributed by atoms with van der Waals surface area (Å²) in [4.78, 5) is 20.7. The van der Waals surface area contributed by atoms with E-state index in [0.717, 1.165) is 31.8 Å². The Hall–Kier alpha value is -1.83. The summed E-state index contributed by atoms with van der Waals surface area (Å²) in [6, 6.07) is 15.6. The first-order valence-electron chi connectivity index (χ1n) is 10.6. The van der Waals surface area contributed by atoms with E-state index in [1.54, 1.807) is 22.0 Å². The van der Waals surface area contributed by atoms with Crippen LogP contribution in [-0.2, 0) is 30.1 Å². The van der Waals surface area contributed by atoms with Gasteiger partial charge in [0, 0.05) is 17.1 Å². The Kier molecular flexibility index (Phi) is 6.31. The van der Waals surface area contributed by atoms with E-state index in [9.17, 15) is 4.79 Å².